The number of aromatic nitrogens is 2. The number of esters is 1. The highest BCUT2D eigenvalue weighted by atomic mass is 32.1. The molecule has 3 aromatic heterocycles. The second-order valence-electron chi connectivity index (χ2n) is 4.93. The van der Waals surface area contributed by atoms with Gasteiger partial charge in [0.1, 0.15) is 12.3 Å². The van der Waals surface area contributed by atoms with Crippen LogP contribution in [-0.4, -0.2) is 15.4 Å². The van der Waals surface area contributed by atoms with Gasteiger partial charge in [0.05, 0.1) is 5.69 Å². The molecule has 0 bridgehead atoms. The first-order valence-electron chi connectivity index (χ1n) is 7.00. The van der Waals surface area contributed by atoms with Crippen LogP contribution < -0.4 is 5.56 Å². The number of nitrogens with zero attached hydrogens (tertiary/aromatic N) is 2. The molecule has 6 heteroatoms. The fourth-order valence-electron chi connectivity index (χ4n) is 2.11. The predicted molar refractivity (Wildman–Crippen MR) is 89.3 cm³/mol. The van der Waals surface area contributed by atoms with Gasteiger partial charge in [0, 0.05) is 23.2 Å². The fourth-order valence-corrected chi connectivity index (χ4v) is 2.73. The molecule has 3 aromatic rings. The zero-order chi connectivity index (χ0) is 16.2. The molecule has 0 saturated heterocycles. The lowest BCUT2D eigenvalue weighted by Gasteiger charge is -2.06. The second kappa shape index (κ2) is 6.58. The van der Waals surface area contributed by atoms with Gasteiger partial charge in [0.25, 0.3) is 5.56 Å². The third-order valence-corrected chi connectivity index (χ3v) is 4.07. The highest BCUT2D eigenvalue weighted by Gasteiger charge is 2.06. The Balaban J connectivity index is 1.73. The predicted octanol–water partition coefficient (Wildman–Crippen LogP) is 2.82. The van der Waals surface area contributed by atoms with Crippen molar-refractivity contribution in [2.45, 2.75) is 13.5 Å². The van der Waals surface area contributed by atoms with Gasteiger partial charge in [-0.1, -0.05) is 12.1 Å². The molecule has 0 aliphatic heterocycles. The number of carbonyl (C=O) groups is 1. The molecule has 0 aliphatic rings. The van der Waals surface area contributed by atoms with Gasteiger partial charge >= 0.3 is 5.97 Å². The average Bonchev–Trinajstić information content (AvgIpc) is 3.05. The van der Waals surface area contributed by atoms with Crippen molar-refractivity contribution in [2.75, 3.05) is 0 Å². The van der Waals surface area contributed by atoms with Gasteiger partial charge in [-0.3, -0.25) is 9.20 Å². The lowest BCUT2D eigenvalue weighted by Crippen LogP contribution is -2.17. The van der Waals surface area contributed by atoms with Crippen molar-refractivity contribution < 1.29 is 9.53 Å². The molecule has 116 valence electrons. The largest absolute Gasteiger partial charge is 0.456 e. The van der Waals surface area contributed by atoms with Crippen molar-refractivity contribution in [3.63, 3.8) is 0 Å². The molecule has 5 nitrogen and oxygen atoms in total. The number of hydrogen-bond acceptors (Lipinski definition) is 5. The maximum absolute atomic E-state index is 12.0. The van der Waals surface area contributed by atoms with E-state index in [1.165, 1.54) is 27.9 Å². The number of ether oxygens (including phenoxy) is 1. The first kappa shape index (κ1) is 15.2. The first-order valence-corrected chi connectivity index (χ1v) is 7.88. The number of hydrogen-bond donors (Lipinski definition) is 0. The summed E-state index contributed by atoms with van der Waals surface area (Å²) in [4.78, 5) is 29.1. The van der Waals surface area contributed by atoms with E-state index in [1.54, 1.807) is 18.3 Å². The van der Waals surface area contributed by atoms with E-state index in [1.807, 2.05) is 30.5 Å². The smallest absolute Gasteiger partial charge is 0.331 e. The Hall–Kier alpha value is -2.73. The number of carbonyl (C=O) groups excluding carboxylic acids is 1. The van der Waals surface area contributed by atoms with Gasteiger partial charge in [0.15, 0.2) is 0 Å². The van der Waals surface area contributed by atoms with Crippen LogP contribution >= 0.6 is 11.3 Å². The highest BCUT2D eigenvalue weighted by molar-refractivity contribution is 7.10. The molecule has 23 heavy (non-hydrogen) atoms. The monoisotopic (exact) mass is 326 g/mol. The summed E-state index contributed by atoms with van der Waals surface area (Å²) >= 11 is 1.53. The molecule has 3 heterocycles. The summed E-state index contributed by atoms with van der Waals surface area (Å²) in [7, 11) is 0. The van der Waals surface area contributed by atoms with Gasteiger partial charge < -0.3 is 4.74 Å². The minimum absolute atomic E-state index is 0.0340. The maximum atomic E-state index is 12.0. The summed E-state index contributed by atoms with van der Waals surface area (Å²) in [6.07, 6.45) is 4.72. The van der Waals surface area contributed by atoms with Crippen molar-refractivity contribution in [2.24, 2.45) is 0 Å². The lowest BCUT2D eigenvalue weighted by molar-refractivity contribution is -0.139. The van der Waals surface area contributed by atoms with E-state index in [2.05, 4.69) is 4.98 Å². The van der Waals surface area contributed by atoms with Crippen molar-refractivity contribution in [1.29, 1.82) is 0 Å². The summed E-state index contributed by atoms with van der Waals surface area (Å²) in [6, 6.07) is 8.86. The van der Waals surface area contributed by atoms with E-state index < -0.39 is 5.97 Å². The zero-order valence-electron chi connectivity index (χ0n) is 12.4. The van der Waals surface area contributed by atoms with Gasteiger partial charge in [-0.25, -0.2) is 9.78 Å². The standard InChI is InChI=1S/C17H14N2O3S/c1-12-4-2-8-19-15(20)10-13(18-17(12)19)11-22-16(21)7-6-14-5-3-9-23-14/h2-10H,11H2,1H3/b7-6+. The summed E-state index contributed by atoms with van der Waals surface area (Å²) in [5.74, 6) is -0.467. The van der Waals surface area contributed by atoms with Crippen LogP contribution in [0.5, 0.6) is 0 Å². The highest BCUT2D eigenvalue weighted by Crippen LogP contribution is 2.10. The SMILES string of the molecule is Cc1cccn2c(=O)cc(COC(=O)/C=C/c3cccs3)nc12. The van der Waals surface area contributed by atoms with Crippen LogP contribution in [0.2, 0.25) is 0 Å². The molecule has 0 saturated carbocycles. The number of pyridine rings is 1. The van der Waals surface area contributed by atoms with Crippen LogP contribution in [-0.2, 0) is 16.1 Å². The third kappa shape index (κ3) is 3.54. The van der Waals surface area contributed by atoms with E-state index in [0.29, 0.717) is 11.3 Å². The van der Waals surface area contributed by atoms with Gasteiger partial charge in [-0.05, 0) is 36.1 Å². The number of aryl methyl sites for hydroxylation is 1. The van der Waals surface area contributed by atoms with Crippen molar-refractivity contribution in [3.05, 3.63) is 74.5 Å². The minimum atomic E-state index is -0.467. The second-order valence-corrected chi connectivity index (χ2v) is 5.91. The molecule has 0 radical (unpaired) electrons. The van der Waals surface area contributed by atoms with Crippen LogP contribution in [0.25, 0.3) is 11.7 Å². The van der Waals surface area contributed by atoms with Crippen molar-refractivity contribution in [3.8, 4) is 0 Å². The number of fused-ring (bicyclic) bond motifs is 1. The average molecular weight is 326 g/mol. The summed E-state index contributed by atoms with van der Waals surface area (Å²) in [5, 5.41) is 1.93. The number of rotatable bonds is 4. The van der Waals surface area contributed by atoms with E-state index in [0.717, 1.165) is 10.4 Å². The topological polar surface area (TPSA) is 60.7 Å². The molecule has 0 aliphatic carbocycles. The molecule has 0 fully saturated rings. The quantitative estimate of drug-likeness (QED) is 0.546. The molecule has 0 aromatic carbocycles. The van der Waals surface area contributed by atoms with E-state index in [4.69, 9.17) is 4.74 Å². The Kier molecular flexibility index (Phi) is 4.34. The third-order valence-electron chi connectivity index (χ3n) is 3.23. The van der Waals surface area contributed by atoms with Crippen LogP contribution in [0.4, 0.5) is 0 Å². The molecule has 0 amide bonds. The van der Waals surface area contributed by atoms with Gasteiger partial charge in [-0.15, -0.1) is 11.3 Å². The van der Waals surface area contributed by atoms with Crippen molar-refractivity contribution in [1.82, 2.24) is 9.38 Å². The lowest BCUT2D eigenvalue weighted by atomic mass is 10.3. The Labute approximate surface area is 136 Å². The van der Waals surface area contributed by atoms with E-state index >= 15 is 0 Å². The van der Waals surface area contributed by atoms with Crippen LogP contribution in [0.15, 0.2) is 52.8 Å². The van der Waals surface area contributed by atoms with Crippen LogP contribution in [0, 0.1) is 6.92 Å². The van der Waals surface area contributed by atoms with Crippen molar-refractivity contribution >= 4 is 29.0 Å². The number of thiophene rings is 1. The Bertz CT molecular complexity index is 927. The maximum Gasteiger partial charge on any atom is 0.331 e. The van der Waals surface area contributed by atoms with Gasteiger partial charge in [-0.2, -0.15) is 0 Å². The van der Waals surface area contributed by atoms with Crippen LogP contribution in [0.1, 0.15) is 16.1 Å². The molecule has 0 unspecified atom stereocenters. The minimum Gasteiger partial charge on any atom is -0.456 e. The molecular weight excluding hydrogens is 312 g/mol. The molecule has 0 spiro atoms. The molecular formula is C17H14N2O3S. The Morgan fingerprint density at radius 2 is 2.26 bits per heavy atom. The Morgan fingerprint density at radius 1 is 1.39 bits per heavy atom. The molecule has 3 rings (SSSR count). The normalized spacial score (nSPS) is 11.2. The Morgan fingerprint density at radius 3 is 3.04 bits per heavy atom. The molecule has 0 atom stereocenters. The van der Waals surface area contributed by atoms with Gasteiger partial charge in [0.2, 0.25) is 0 Å². The summed E-state index contributed by atoms with van der Waals surface area (Å²) in [5.41, 5.74) is 1.69. The fraction of sp³-hybridized carbons (Fsp3) is 0.118. The summed E-state index contributed by atoms with van der Waals surface area (Å²) < 4.78 is 6.61. The van der Waals surface area contributed by atoms with Crippen LogP contribution in [0.3, 0.4) is 0 Å². The summed E-state index contributed by atoms with van der Waals surface area (Å²) in [6.45, 7) is 1.84. The molecule has 0 N–H and O–H groups in total. The van der Waals surface area contributed by atoms with E-state index in [9.17, 15) is 9.59 Å². The van der Waals surface area contributed by atoms with E-state index in [-0.39, 0.29) is 12.2 Å². The zero-order valence-corrected chi connectivity index (χ0v) is 13.2. The first-order chi connectivity index (χ1) is 11.1.